The van der Waals surface area contributed by atoms with Crippen LogP contribution in [0.5, 0.6) is 0 Å². The van der Waals surface area contributed by atoms with Crippen molar-refractivity contribution in [2.75, 3.05) is 11.1 Å². The van der Waals surface area contributed by atoms with Gasteiger partial charge in [-0.3, -0.25) is 0 Å². The lowest BCUT2D eigenvalue weighted by Gasteiger charge is -2.05. The molecule has 32 heavy (non-hydrogen) atoms. The molecule has 0 amide bonds. The molecule has 3 N–H and O–H groups in total. The molecular weight excluding hydrogens is 506 g/mol. The van der Waals surface area contributed by atoms with Crippen LogP contribution in [0.25, 0.3) is 43.2 Å². The zero-order valence-electron chi connectivity index (χ0n) is 16.4. The minimum absolute atomic E-state index is 0.460. The number of nitrogen functional groups attached to an aromatic ring is 1. The molecule has 2 aromatic carbocycles. The number of hydrogen-bond acceptors (Lipinski definition) is 8. The molecule has 0 bridgehead atoms. The van der Waals surface area contributed by atoms with Gasteiger partial charge >= 0.3 is 0 Å². The normalized spacial score (nSPS) is 11.4. The van der Waals surface area contributed by atoms with Crippen LogP contribution in [-0.4, -0.2) is 15.0 Å². The van der Waals surface area contributed by atoms with Gasteiger partial charge in [-0.05, 0) is 36.4 Å². The Morgan fingerprint density at radius 2 is 1.91 bits per heavy atom. The number of para-hydroxylation sites is 1. The summed E-state index contributed by atoms with van der Waals surface area (Å²) in [5.74, 6) is 1.19. The predicted octanol–water partition coefficient (Wildman–Crippen LogP) is 7.32. The molecule has 0 saturated carbocycles. The van der Waals surface area contributed by atoms with E-state index in [9.17, 15) is 0 Å². The van der Waals surface area contributed by atoms with Crippen LogP contribution in [0.1, 0.15) is 0 Å². The molecule has 0 atom stereocenters. The van der Waals surface area contributed by atoms with Crippen molar-refractivity contribution in [2.45, 2.75) is 0 Å². The Kier molecular flexibility index (Phi) is 4.67. The van der Waals surface area contributed by atoms with E-state index in [1.807, 2.05) is 60.0 Å². The van der Waals surface area contributed by atoms with Gasteiger partial charge in [-0.1, -0.05) is 34.1 Å². The van der Waals surface area contributed by atoms with Gasteiger partial charge in [0.2, 0.25) is 0 Å². The molecule has 0 aliphatic heterocycles. The van der Waals surface area contributed by atoms with E-state index < -0.39 is 0 Å². The lowest BCUT2D eigenvalue weighted by atomic mass is 10.2. The van der Waals surface area contributed by atoms with Gasteiger partial charge in [0.1, 0.15) is 33.4 Å². The summed E-state index contributed by atoms with van der Waals surface area (Å²) < 4.78 is 7.89. The number of hydrogen-bond donors (Lipinski definition) is 2. The van der Waals surface area contributed by atoms with Crippen LogP contribution >= 0.6 is 38.6 Å². The average Bonchev–Trinajstić information content (AvgIpc) is 3.51. The van der Waals surface area contributed by atoms with Gasteiger partial charge in [0.25, 0.3) is 0 Å². The molecule has 9 heteroatoms. The van der Waals surface area contributed by atoms with E-state index in [0.29, 0.717) is 5.82 Å². The molecule has 0 aliphatic rings. The molecule has 6 nitrogen and oxygen atoms in total. The maximum absolute atomic E-state index is 6.16. The Hall–Kier alpha value is -3.27. The van der Waals surface area contributed by atoms with Crippen molar-refractivity contribution in [2.24, 2.45) is 0 Å². The minimum Gasteiger partial charge on any atom is -0.454 e. The van der Waals surface area contributed by atoms with E-state index in [2.05, 4.69) is 31.2 Å². The van der Waals surface area contributed by atoms with Crippen molar-refractivity contribution in [1.82, 2.24) is 15.0 Å². The van der Waals surface area contributed by atoms with Gasteiger partial charge in [0.15, 0.2) is 5.76 Å². The van der Waals surface area contributed by atoms with Crippen LogP contribution in [0.15, 0.2) is 75.2 Å². The first-order valence-corrected chi connectivity index (χ1v) is 12.1. The summed E-state index contributed by atoms with van der Waals surface area (Å²) in [6.07, 6.45) is 1.49. The summed E-state index contributed by atoms with van der Waals surface area (Å²) in [6.45, 7) is 0. The van der Waals surface area contributed by atoms with E-state index in [1.165, 1.54) is 17.7 Å². The number of benzene rings is 2. The van der Waals surface area contributed by atoms with Gasteiger partial charge in [-0.25, -0.2) is 15.0 Å². The topological polar surface area (TPSA) is 89.9 Å². The van der Waals surface area contributed by atoms with Gasteiger partial charge < -0.3 is 15.5 Å². The zero-order chi connectivity index (χ0) is 21.7. The number of halogens is 1. The first-order valence-electron chi connectivity index (χ1n) is 9.66. The van der Waals surface area contributed by atoms with Crippen LogP contribution in [0.4, 0.5) is 16.5 Å². The molecule has 0 spiro atoms. The fraction of sp³-hybridized carbons (Fsp3) is 0. The fourth-order valence-corrected chi connectivity index (χ4v) is 5.89. The van der Waals surface area contributed by atoms with Crippen LogP contribution in [0, 0.1) is 0 Å². The summed E-state index contributed by atoms with van der Waals surface area (Å²) in [4.78, 5) is 13.6. The first-order chi connectivity index (χ1) is 15.7. The standard InChI is InChI=1S/C23H14BrN5OS2/c24-13-6-7-16-12(8-13)9-17(30-16)15-10-31-22(29-15)18-19-20(21(25)27-11-26-19)32-23(18)28-14-4-2-1-3-5-14/h1-11,28H,(H2,25,26,27). The molecular formula is C23H14BrN5OS2. The number of rotatable bonds is 4. The van der Waals surface area contributed by atoms with Crippen LogP contribution in [0.2, 0.25) is 0 Å². The van der Waals surface area contributed by atoms with Crippen molar-refractivity contribution in [1.29, 1.82) is 0 Å². The molecule has 0 aliphatic carbocycles. The highest BCUT2D eigenvalue weighted by molar-refractivity contribution is 9.10. The lowest BCUT2D eigenvalue weighted by molar-refractivity contribution is 0.629. The molecule has 6 aromatic rings. The van der Waals surface area contributed by atoms with Crippen molar-refractivity contribution in [3.8, 4) is 22.0 Å². The second-order valence-corrected chi connectivity index (χ2v) is 9.86. The summed E-state index contributed by atoms with van der Waals surface area (Å²) in [5, 5.41) is 8.29. The summed E-state index contributed by atoms with van der Waals surface area (Å²) in [7, 11) is 0. The zero-order valence-corrected chi connectivity index (χ0v) is 19.6. The third kappa shape index (κ3) is 3.35. The SMILES string of the molecule is Nc1ncnc2c(-c3nc(-c4cc5cc(Br)ccc5o4)cs3)c(Nc3ccccc3)sc12. The monoisotopic (exact) mass is 519 g/mol. The quantitative estimate of drug-likeness (QED) is 0.253. The fourth-order valence-electron chi connectivity index (χ4n) is 3.51. The molecule has 4 heterocycles. The average molecular weight is 520 g/mol. The highest BCUT2D eigenvalue weighted by atomic mass is 79.9. The highest BCUT2D eigenvalue weighted by Crippen LogP contribution is 2.46. The number of nitrogens with zero attached hydrogens (tertiary/aromatic N) is 3. The largest absolute Gasteiger partial charge is 0.454 e. The van der Waals surface area contributed by atoms with Crippen molar-refractivity contribution < 1.29 is 4.42 Å². The van der Waals surface area contributed by atoms with E-state index in [0.717, 1.165) is 58.4 Å². The molecule has 156 valence electrons. The lowest BCUT2D eigenvalue weighted by Crippen LogP contribution is -1.91. The second-order valence-electron chi connectivity index (χ2n) is 7.06. The van der Waals surface area contributed by atoms with Crippen LogP contribution in [0.3, 0.4) is 0 Å². The number of thiazole rings is 1. The third-order valence-electron chi connectivity index (χ3n) is 4.98. The maximum Gasteiger partial charge on any atom is 0.154 e. The van der Waals surface area contributed by atoms with Gasteiger partial charge in [-0.2, -0.15) is 0 Å². The van der Waals surface area contributed by atoms with Crippen molar-refractivity contribution in [3.63, 3.8) is 0 Å². The Labute approximate surface area is 198 Å². The molecule has 0 radical (unpaired) electrons. The minimum atomic E-state index is 0.460. The number of nitrogens with one attached hydrogen (secondary N) is 1. The Morgan fingerprint density at radius 1 is 1.03 bits per heavy atom. The molecule has 6 rings (SSSR count). The van der Waals surface area contributed by atoms with Crippen molar-refractivity contribution >= 4 is 76.3 Å². The predicted molar refractivity (Wildman–Crippen MR) is 136 cm³/mol. The summed E-state index contributed by atoms with van der Waals surface area (Å²) in [5.41, 5.74) is 10.4. The van der Waals surface area contributed by atoms with E-state index in [1.54, 1.807) is 11.3 Å². The Bertz CT molecular complexity index is 1590. The van der Waals surface area contributed by atoms with E-state index in [-0.39, 0.29) is 0 Å². The molecule has 0 unspecified atom stereocenters. The maximum atomic E-state index is 6.16. The van der Waals surface area contributed by atoms with Crippen LogP contribution in [-0.2, 0) is 0 Å². The molecule has 4 aromatic heterocycles. The number of fused-ring (bicyclic) bond motifs is 2. The Balaban J connectivity index is 1.48. The first kappa shape index (κ1) is 19.4. The second kappa shape index (κ2) is 7.70. The van der Waals surface area contributed by atoms with Crippen LogP contribution < -0.4 is 11.1 Å². The van der Waals surface area contributed by atoms with Gasteiger partial charge in [-0.15, -0.1) is 22.7 Å². The third-order valence-corrected chi connectivity index (χ3v) is 7.45. The summed E-state index contributed by atoms with van der Waals surface area (Å²) in [6, 6.07) is 18.0. The number of aromatic nitrogens is 3. The number of furan rings is 1. The summed E-state index contributed by atoms with van der Waals surface area (Å²) >= 11 is 6.58. The van der Waals surface area contributed by atoms with Gasteiger partial charge in [0, 0.05) is 20.9 Å². The number of thiophene rings is 1. The number of nitrogens with two attached hydrogens (primary N) is 1. The van der Waals surface area contributed by atoms with Gasteiger partial charge in [0.05, 0.1) is 15.8 Å². The molecule has 0 saturated heterocycles. The smallest absolute Gasteiger partial charge is 0.154 e. The van der Waals surface area contributed by atoms with Crippen molar-refractivity contribution in [3.05, 3.63) is 70.8 Å². The molecule has 0 fully saturated rings. The van der Waals surface area contributed by atoms with E-state index >= 15 is 0 Å². The Morgan fingerprint density at radius 3 is 2.78 bits per heavy atom. The van der Waals surface area contributed by atoms with E-state index in [4.69, 9.17) is 15.1 Å². The number of anilines is 3. The highest BCUT2D eigenvalue weighted by Gasteiger charge is 2.21.